The van der Waals surface area contributed by atoms with E-state index in [2.05, 4.69) is 79.2 Å². The fraction of sp³-hybridized carbons (Fsp3) is 0.487. The Kier molecular flexibility index (Phi) is 12.0. The van der Waals surface area contributed by atoms with E-state index in [9.17, 15) is 8.42 Å². The van der Waals surface area contributed by atoms with Crippen molar-refractivity contribution in [1.82, 2.24) is 24.8 Å². The molecule has 1 N–H and O–H groups in total. The zero-order valence-corrected chi connectivity index (χ0v) is 32.3. The van der Waals surface area contributed by atoms with Gasteiger partial charge in [-0.15, -0.1) is 0 Å². The zero-order chi connectivity index (χ0) is 36.9. The third-order valence-corrected chi connectivity index (χ3v) is 10.4. The van der Waals surface area contributed by atoms with Gasteiger partial charge in [0.2, 0.25) is 11.8 Å². The molecule has 0 radical (unpaired) electrons. The molecule has 274 valence electrons. The van der Waals surface area contributed by atoms with Gasteiger partial charge in [0, 0.05) is 44.4 Å². The number of aromatic nitrogens is 4. The van der Waals surface area contributed by atoms with Crippen LogP contribution in [0.5, 0.6) is 5.88 Å². The molecular formula is C39H53N7O4S. The highest BCUT2D eigenvalue weighted by atomic mass is 32.2. The highest BCUT2D eigenvalue weighted by molar-refractivity contribution is 7.92. The predicted molar refractivity (Wildman–Crippen MR) is 203 cm³/mol. The smallest absolute Gasteiger partial charge is 0.264 e. The van der Waals surface area contributed by atoms with Crippen LogP contribution in [0.4, 0.5) is 11.6 Å². The number of benzene rings is 2. The Hall–Kier alpha value is -4.13. The molecule has 2 aromatic carbocycles. The Bertz CT molecular complexity index is 1910. The summed E-state index contributed by atoms with van der Waals surface area (Å²) in [6.07, 6.45) is 5.30. The highest BCUT2D eigenvalue weighted by Crippen LogP contribution is 2.36. The van der Waals surface area contributed by atoms with Gasteiger partial charge in [-0.3, -0.25) is 4.90 Å². The number of hydrogen-bond donors (Lipinski definition) is 1. The Balaban J connectivity index is 1.62. The molecule has 4 aromatic rings. The number of nitrogens with zero attached hydrogens (tertiary/aromatic N) is 6. The molecule has 0 spiro atoms. The summed E-state index contributed by atoms with van der Waals surface area (Å²) < 4.78 is 42.3. The highest BCUT2D eigenvalue weighted by Gasteiger charge is 2.29. The summed E-state index contributed by atoms with van der Waals surface area (Å²) in [5.74, 6) is 1.40. The van der Waals surface area contributed by atoms with Gasteiger partial charge in [0.1, 0.15) is 12.4 Å². The molecule has 1 atom stereocenters. The number of sulfonamides is 1. The van der Waals surface area contributed by atoms with Crippen molar-refractivity contribution >= 4 is 21.7 Å². The quantitative estimate of drug-likeness (QED) is 0.187. The van der Waals surface area contributed by atoms with Crippen LogP contribution in [0.1, 0.15) is 69.1 Å². The topological polar surface area (TPSA) is 123 Å². The van der Waals surface area contributed by atoms with E-state index in [1.165, 1.54) is 0 Å². The summed E-state index contributed by atoms with van der Waals surface area (Å²) in [5, 5.41) is 0. The second-order valence-corrected chi connectivity index (χ2v) is 16.9. The van der Waals surface area contributed by atoms with Crippen LogP contribution in [0.25, 0.3) is 11.3 Å². The van der Waals surface area contributed by atoms with Crippen LogP contribution in [-0.4, -0.2) is 73.2 Å². The summed E-state index contributed by atoms with van der Waals surface area (Å²) in [6, 6.07) is 13.2. The maximum Gasteiger partial charge on any atom is 0.264 e. The van der Waals surface area contributed by atoms with Gasteiger partial charge in [0.05, 0.1) is 41.8 Å². The van der Waals surface area contributed by atoms with Gasteiger partial charge in [0.25, 0.3) is 10.0 Å². The summed E-state index contributed by atoms with van der Waals surface area (Å²) >= 11 is 0. The fourth-order valence-electron chi connectivity index (χ4n) is 6.48. The minimum atomic E-state index is -4.04. The van der Waals surface area contributed by atoms with E-state index in [0.717, 1.165) is 52.9 Å². The van der Waals surface area contributed by atoms with Crippen molar-refractivity contribution in [3.05, 3.63) is 82.9 Å². The van der Waals surface area contributed by atoms with E-state index in [4.69, 9.17) is 24.4 Å². The number of hydrogen-bond acceptors (Lipinski definition) is 10. The molecule has 1 aliphatic rings. The number of ether oxygens (including phenoxy) is 2. The van der Waals surface area contributed by atoms with Crippen LogP contribution in [0.2, 0.25) is 0 Å². The SMILES string of the molecule is COCCN(C)c1cnc(CN2Cc3cccc(c3)S(=O)(=O)Nc3nc(c(C)c(-c4c(C)cccc4CC(C)C)n3)OC[C@H]2CC(C)(C)C)nc1. The van der Waals surface area contributed by atoms with Crippen molar-refractivity contribution in [1.29, 1.82) is 0 Å². The first-order valence-electron chi connectivity index (χ1n) is 17.6. The number of aryl methyl sites for hydroxylation is 1. The Morgan fingerprint density at radius 3 is 2.49 bits per heavy atom. The lowest BCUT2D eigenvalue weighted by atomic mass is 9.87. The van der Waals surface area contributed by atoms with E-state index in [-0.39, 0.29) is 22.3 Å². The van der Waals surface area contributed by atoms with Gasteiger partial charge in [-0.1, -0.05) is 65.0 Å². The number of methoxy groups -OCH3 is 1. The lowest BCUT2D eigenvalue weighted by Gasteiger charge is -2.35. The van der Waals surface area contributed by atoms with Crippen molar-refractivity contribution < 1.29 is 17.9 Å². The first-order valence-corrected chi connectivity index (χ1v) is 19.1. The fourth-order valence-corrected chi connectivity index (χ4v) is 7.50. The monoisotopic (exact) mass is 715 g/mol. The van der Waals surface area contributed by atoms with Crippen LogP contribution < -0.4 is 14.4 Å². The summed E-state index contributed by atoms with van der Waals surface area (Å²) in [4.78, 5) is 23.5. The van der Waals surface area contributed by atoms with Crippen LogP contribution in [0.15, 0.2) is 59.8 Å². The minimum absolute atomic E-state index is 0.0258. The lowest BCUT2D eigenvalue weighted by Crippen LogP contribution is -2.41. The van der Waals surface area contributed by atoms with Gasteiger partial charge in [-0.05, 0) is 66.8 Å². The van der Waals surface area contributed by atoms with Gasteiger partial charge < -0.3 is 14.4 Å². The van der Waals surface area contributed by atoms with Gasteiger partial charge >= 0.3 is 0 Å². The number of rotatable bonds is 10. The van der Waals surface area contributed by atoms with Gasteiger partial charge in [0.15, 0.2) is 0 Å². The largest absolute Gasteiger partial charge is 0.476 e. The molecule has 0 saturated carbocycles. The maximum atomic E-state index is 13.9. The third-order valence-electron chi connectivity index (χ3n) is 9.03. The molecule has 0 unspecified atom stereocenters. The zero-order valence-electron chi connectivity index (χ0n) is 31.5. The Labute approximate surface area is 303 Å². The van der Waals surface area contributed by atoms with E-state index >= 15 is 0 Å². The lowest BCUT2D eigenvalue weighted by molar-refractivity contribution is 0.0832. The molecule has 4 bridgehead atoms. The van der Waals surface area contributed by atoms with Crippen molar-refractivity contribution in [3.63, 3.8) is 0 Å². The van der Waals surface area contributed by atoms with Crippen molar-refractivity contribution in [2.24, 2.45) is 11.3 Å². The molecule has 3 heterocycles. The van der Waals surface area contributed by atoms with Crippen molar-refractivity contribution in [3.8, 4) is 17.1 Å². The Morgan fingerprint density at radius 2 is 1.80 bits per heavy atom. The van der Waals surface area contributed by atoms with Crippen LogP contribution in [-0.2, 0) is 34.3 Å². The van der Waals surface area contributed by atoms with Crippen molar-refractivity contribution in [2.75, 3.05) is 43.5 Å². The van der Waals surface area contributed by atoms with Crippen LogP contribution in [0, 0.1) is 25.2 Å². The average Bonchev–Trinajstić information content (AvgIpc) is 3.06. The molecule has 0 fully saturated rings. The minimum Gasteiger partial charge on any atom is -0.476 e. The van der Waals surface area contributed by atoms with E-state index in [0.29, 0.717) is 49.6 Å². The molecule has 12 heteroatoms. The molecule has 0 amide bonds. The second-order valence-electron chi connectivity index (χ2n) is 15.2. The maximum absolute atomic E-state index is 13.9. The molecular weight excluding hydrogens is 663 g/mol. The van der Waals surface area contributed by atoms with Gasteiger partial charge in [-0.2, -0.15) is 4.98 Å². The molecule has 5 rings (SSSR count). The number of likely N-dealkylation sites (N-methyl/N-ethyl adjacent to an activating group) is 1. The van der Waals surface area contributed by atoms with E-state index in [1.54, 1.807) is 25.3 Å². The van der Waals surface area contributed by atoms with Crippen LogP contribution >= 0.6 is 0 Å². The van der Waals surface area contributed by atoms with Gasteiger partial charge in [-0.25, -0.2) is 28.1 Å². The first-order chi connectivity index (χ1) is 24.1. The molecule has 0 aliphatic carbocycles. The van der Waals surface area contributed by atoms with Crippen molar-refractivity contribution in [2.45, 2.75) is 85.3 Å². The summed E-state index contributed by atoms with van der Waals surface area (Å²) in [7, 11) is -0.366. The summed E-state index contributed by atoms with van der Waals surface area (Å²) in [5.41, 5.74) is 6.27. The molecule has 2 aromatic heterocycles. The van der Waals surface area contributed by atoms with Crippen LogP contribution in [0.3, 0.4) is 0 Å². The van der Waals surface area contributed by atoms with E-state index in [1.807, 2.05) is 32.4 Å². The second kappa shape index (κ2) is 16.0. The standard InChI is InChI=1S/C39H53N7O4S/c1-26(2)18-30-14-10-12-27(3)35(30)36-28(4)37-43-38(42-36)44-51(47,48)33-15-11-13-29(19-33)23-46(31(25-50-37)20-39(5,6)7)24-34-40-21-32(22-41-34)45(8)16-17-49-9/h10-15,19,21-22,26,31H,16-18,20,23-25H2,1-9H3,(H,42,43,44)/t31-/m1/s1. The third kappa shape index (κ3) is 9.81. The molecule has 1 aliphatic heterocycles. The number of nitrogens with one attached hydrogen (secondary N) is 1. The number of fused-ring (bicyclic) bond motifs is 4. The predicted octanol–water partition coefficient (Wildman–Crippen LogP) is 6.83. The normalized spacial score (nSPS) is 16.4. The molecule has 0 saturated heterocycles. The van der Waals surface area contributed by atoms with E-state index < -0.39 is 10.0 Å². The molecule has 11 nitrogen and oxygen atoms in total. The Morgan fingerprint density at radius 1 is 1.08 bits per heavy atom. The average molecular weight is 716 g/mol. The summed E-state index contributed by atoms with van der Waals surface area (Å²) in [6.45, 7) is 17.5. The first kappa shape index (κ1) is 38.1. The molecule has 51 heavy (non-hydrogen) atoms. The number of anilines is 2.